The predicted molar refractivity (Wildman–Crippen MR) is 182 cm³/mol. The van der Waals surface area contributed by atoms with Crippen molar-refractivity contribution in [1.29, 1.82) is 10.8 Å². The number of nitrogens with zero attached hydrogens (tertiary/aromatic N) is 5. The van der Waals surface area contributed by atoms with Crippen LogP contribution in [0.15, 0.2) is 59.1 Å². The van der Waals surface area contributed by atoms with E-state index < -0.39 is 0 Å². The molecule has 1 aromatic heterocycles. The smallest absolute Gasteiger partial charge is 0.237 e. The molecule has 2 aromatic rings. The number of anilines is 2. The molecule has 1 saturated heterocycles. The fraction of sp³-hybridized carbons (Fsp3) is 0.412. The fourth-order valence-electron chi connectivity index (χ4n) is 6.04. The van der Waals surface area contributed by atoms with Crippen molar-refractivity contribution < 1.29 is 14.3 Å². The van der Waals surface area contributed by atoms with Crippen molar-refractivity contribution in [3.8, 4) is 0 Å². The Labute approximate surface area is 270 Å². The average molecular weight is 626 g/mol. The summed E-state index contributed by atoms with van der Waals surface area (Å²) in [6.45, 7) is 6.02. The van der Waals surface area contributed by atoms with E-state index >= 15 is 0 Å². The Balaban J connectivity index is 1.15. The van der Waals surface area contributed by atoms with Gasteiger partial charge in [-0.15, -0.1) is 0 Å². The molecule has 46 heavy (non-hydrogen) atoms. The number of pyridine rings is 1. The second-order valence-corrected chi connectivity index (χ2v) is 11.6. The topological polar surface area (TPSA) is 164 Å². The molecule has 0 unspecified atom stereocenters. The van der Waals surface area contributed by atoms with Crippen LogP contribution in [0.2, 0.25) is 0 Å². The van der Waals surface area contributed by atoms with Crippen LogP contribution in [0.5, 0.6) is 0 Å². The van der Waals surface area contributed by atoms with E-state index in [9.17, 15) is 9.59 Å². The molecular formula is C34H43N9O3. The average Bonchev–Trinajstić information content (AvgIpc) is 3.56. The molecule has 12 heteroatoms. The zero-order chi connectivity index (χ0) is 32.6. The molecule has 5 N–H and O–H groups in total. The molecule has 0 radical (unpaired) electrons. The first-order valence-electron chi connectivity index (χ1n) is 15.8. The van der Waals surface area contributed by atoms with E-state index in [2.05, 4.69) is 26.3 Å². The number of amidine groups is 1. The van der Waals surface area contributed by atoms with Gasteiger partial charge in [-0.2, -0.15) is 0 Å². The first kappa shape index (κ1) is 32.7. The Hall–Kier alpha value is -4.68. The molecule has 1 atom stereocenters. The number of aromatic nitrogens is 1. The molecule has 0 bridgehead atoms. The van der Waals surface area contributed by atoms with Gasteiger partial charge in [-0.05, 0) is 61.6 Å². The summed E-state index contributed by atoms with van der Waals surface area (Å²) in [7, 11) is 1.74. The Bertz CT molecular complexity index is 1560. The standard InChI is InChI=1S/C34H43N9O3/c1-3-43(29-9-8-28(35)32(40-29)31(36)25-13-18-46-19-14-25)34(45)27-10-15-41(20-27)21-30(44)42-16-11-24(12-17-42)23-4-6-26(7-5-23)33(37)39-22-38-2/h4-9,11,13,22,27,36H,3,10,12,14-21,35H2,1-2H3,(H2,37,38,39)/t27-/m1/s1. The number of carbonyl (C=O) groups excluding carboxylic acids is 2. The van der Waals surface area contributed by atoms with E-state index in [1.165, 1.54) is 11.9 Å². The molecule has 4 heterocycles. The van der Waals surface area contributed by atoms with E-state index in [0.29, 0.717) is 76.0 Å². The van der Waals surface area contributed by atoms with Crippen molar-refractivity contribution in [1.82, 2.24) is 20.1 Å². The van der Waals surface area contributed by atoms with Crippen molar-refractivity contribution in [3.63, 3.8) is 0 Å². The molecule has 3 aliphatic rings. The van der Waals surface area contributed by atoms with Crippen LogP contribution in [0, 0.1) is 16.7 Å². The molecule has 242 valence electrons. The number of likely N-dealkylation sites (tertiary alicyclic amines) is 1. The fourth-order valence-corrected chi connectivity index (χ4v) is 6.04. The van der Waals surface area contributed by atoms with Gasteiger partial charge in [-0.1, -0.05) is 36.4 Å². The van der Waals surface area contributed by atoms with E-state index in [1.54, 1.807) is 24.1 Å². The Morgan fingerprint density at radius 1 is 1.15 bits per heavy atom. The molecule has 0 spiro atoms. The summed E-state index contributed by atoms with van der Waals surface area (Å²) in [4.78, 5) is 41.2. The monoisotopic (exact) mass is 625 g/mol. The molecule has 1 aromatic carbocycles. The summed E-state index contributed by atoms with van der Waals surface area (Å²) in [6.07, 6.45) is 7.52. The van der Waals surface area contributed by atoms with Crippen LogP contribution in [0.4, 0.5) is 11.5 Å². The quantitative estimate of drug-likeness (QED) is 0.233. The molecule has 1 fully saturated rings. The number of amides is 2. The molecule has 3 aliphatic heterocycles. The van der Waals surface area contributed by atoms with Crippen molar-refractivity contribution in [3.05, 3.63) is 70.9 Å². The van der Waals surface area contributed by atoms with Crippen molar-refractivity contribution in [2.75, 3.05) is 70.2 Å². The van der Waals surface area contributed by atoms with Crippen LogP contribution in [-0.4, -0.2) is 104 Å². The van der Waals surface area contributed by atoms with Gasteiger partial charge < -0.3 is 20.7 Å². The highest BCUT2D eigenvalue weighted by molar-refractivity contribution is 6.12. The lowest BCUT2D eigenvalue weighted by molar-refractivity contribution is -0.132. The third-order valence-corrected chi connectivity index (χ3v) is 8.69. The van der Waals surface area contributed by atoms with Gasteiger partial charge in [0.25, 0.3) is 0 Å². The third kappa shape index (κ3) is 7.57. The Morgan fingerprint density at radius 2 is 1.96 bits per heavy atom. The molecular weight excluding hydrogens is 582 g/mol. The first-order valence-corrected chi connectivity index (χ1v) is 15.8. The summed E-state index contributed by atoms with van der Waals surface area (Å²) in [6, 6.07) is 11.2. The number of rotatable bonds is 10. The summed E-state index contributed by atoms with van der Waals surface area (Å²) in [5, 5.41) is 19.5. The van der Waals surface area contributed by atoms with Gasteiger partial charge in [0, 0.05) is 38.8 Å². The normalized spacial score (nSPS) is 18.7. The van der Waals surface area contributed by atoms with E-state index in [-0.39, 0.29) is 35.8 Å². The highest BCUT2D eigenvalue weighted by Gasteiger charge is 2.34. The lowest BCUT2D eigenvalue weighted by atomic mass is 9.98. The minimum atomic E-state index is -0.241. The van der Waals surface area contributed by atoms with Gasteiger partial charge in [0.15, 0.2) is 5.84 Å². The van der Waals surface area contributed by atoms with Crippen molar-refractivity contribution in [2.45, 2.75) is 26.2 Å². The van der Waals surface area contributed by atoms with Gasteiger partial charge in [0.05, 0.1) is 43.4 Å². The van der Waals surface area contributed by atoms with Gasteiger partial charge in [0.2, 0.25) is 11.8 Å². The van der Waals surface area contributed by atoms with Crippen LogP contribution in [0.3, 0.4) is 0 Å². The molecule has 0 saturated carbocycles. The number of nitrogens with one attached hydrogen (secondary N) is 3. The van der Waals surface area contributed by atoms with Gasteiger partial charge in [-0.3, -0.25) is 30.2 Å². The third-order valence-electron chi connectivity index (χ3n) is 8.69. The highest BCUT2D eigenvalue weighted by Crippen LogP contribution is 2.27. The van der Waals surface area contributed by atoms with Crippen LogP contribution in [-0.2, 0) is 14.3 Å². The number of nitrogen functional groups attached to an aromatic ring is 1. The lowest BCUT2D eigenvalue weighted by Crippen LogP contribution is -2.42. The number of hydrogen-bond acceptors (Lipinski definition) is 8. The van der Waals surface area contributed by atoms with Crippen LogP contribution in [0.25, 0.3) is 5.57 Å². The summed E-state index contributed by atoms with van der Waals surface area (Å²) >= 11 is 0. The summed E-state index contributed by atoms with van der Waals surface area (Å²) in [5.74, 6) is 0.468. The molecule has 2 amide bonds. The number of nitrogens with two attached hydrogens (primary N) is 1. The van der Waals surface area contributed by atoms with Gasteiger partial charge >= 0.3 is 0 Å². The predicted octanol–water partition coefficient (Wildman–Crippen LogP) is 2.94. The zero-order valence-corrected chi connectivity index (χ0v) is 26.6. The second-order valence-electron chi connectivity index (χ2n) is 11.6. The van der Waals surface area contributed by atoms with E-state index in [4.69, 9.17) is 21.3 Å². The minimum Gasteiger partial charge on any atom is -0.397 e. The molecule has 12 nitrogen and oxygen atoms in total. The van der Waals surface area contributed by atoms with Gasteiger partial charge in [0.1, 0.15) is 11.5 Å². The Morgan fingerprint density at radius 3 is 2.63 bits per heavy atom. The maximum Gasteiger partial charge on any atom is 0.237 e. The number of hydrogen-bond donors (Lipinski definition) is 4. The minimum absolute atomic E-state index is 0.0296. The highest BCUT2D eigenvalue weighted by atomic mass is 16.5. The largest absolute Gasteiger partial charge is 0.397 e. The molecule has 0 aliphatic carbocycles. The van der Waals surface area contributed by atoms with E-state index in [0.717, 1.165) is 23.1 Å². The maximum absolute atomic E-state index is 13.7. The lowest BCUT2D eigenvalue weighted by Gasteiger charge is -2.29. The van der Waals surface area contributed by atoms with Gasteiger partial charge in [-0.25, -0.2) is 9.98 Å². The number of carbonyl (C=O) groups is 2. The SMILES string of the molecule is CCN(C(=O)[C@@H]1CCN(CC(=O)N2CC=C(c3ccc(C(=N)/N=C\NC)cc3)CC2)C1)c1ccc(N)c(C(=N)C2=CCOCC2)n1. The number of aliphatic imine (C=N–C) groups is 1. The van der Waals surface area contributed by atoms with Crippen LogP contribution < -0.4 is 16.0 Å². The maximum atomic E-state index is 13.7. The van der Waals surface area contributed by atoms with Crippen molar-refractivity contribution in [2.24, 2.45) is 10.9 Å². The number of ether oxygens (including phenoxy) is 1. The summed E-state index contributed by atoms with van der Waals surface area (Å²) < 4.78 is 5.37. The van der Waals surface area contributed by atoms with Crippen molar-refractivity contribution >= 4 is 46.8 Å². The van der Waals surface area contributed by atoms with Crippen LogP contribution in [0.1, 0.15) is 43.0 Å². The summed E-state index contributed by atoms with van der Waals surface area (Å²) in [5.41, 5.74) is 11.1. The molecule has 5 rings (SSSR count). The number of benzene rings is 1. The second kappa shape index (κ2) is 15.1. The Kier molecular flexibility index (Phi) is 10.7. The van der Waals surface area contributed by atoms with Crippen LogP contribution >= 0.6 is 0 Å². The van der Waals surface area contributed by atoms with E-state index in [1.807, 2.05) is 42.2 Å². The first-order chi connectivity index (χ1) is 22.3. The zero-order valence-electron chi connectivity index (χ0n) is 26.6.